The van der Waals surface area contributed by atoms with E-state index >= 15 is 0 Å². The van der Waals surface area contributed by atoms with E-state index in [0.29, 0.717) is 32.7 Å². The summed E-state index contributed by atoms with van der Waals surface area (Å²) in [5.74, 6) is 0. The maximum atomic E-state index is 10.1. The second kappa shape index (κ2) is 13.6. The van der Waals surface area contributed by atoms with Crippen molar-refractivity contribution in [3.8, 4) is 0 Å². The fraction of sp³-hybridized carbons (Fsp3) is 1.00. The van der Waals surface area contributed by atoms with Gasteiger partial charge in [-0.15, -0.1) is 0 Å². The Morgan fingerprint density at radius 1 is 1.06 bits per heavy atom. The van der Waals surface area contributed by atoms with Crippen LogP contribution < -0.4 is 0 Å². The van der Waals surface area contributed by atoms with Crippen LogP contribution in [-0.2, 0) is 23.1 Å². The van der Waals surface area contributed by atoms with Gasteiger partial charge in [0.05, 0.1) is 12.8 Å². The zero-order valence-corrected chi connectivity index (χ0v) is 12.5. The van der Waals surface area contributed by atoms with Crippen molar-refractivity contribution in [2.24, 2.45) is 0 Å². The quantitative estimate of drug-likeness (QED) is 0.418. The van der Waals surface area contributed by atoms with E-state index in [1.54, 1.807) is 7.11 Å². The summed E-state index contributed by atoms with van der Waals surface area (Å²) in [7, 11) is -3.42. The Morgan fingerprint density at radius 2 is 1.56 bits per heavy atom. The monoisotopic (exact) mass is 308 g/mol. The molecule has 0 spiro atoms. The standard InChI is InChI=1S/2C4H11O4P/c1-8-3-2-4-9(5,6)7;1-7-3-2-4-8-9(5)6/h2-4H2,1H3,(H2,5,6,7);9H,2-4H2,1H3,(H,5,6). The topological polar surface area (TPSA) is 123 Å². The van der Waals surface area contributed by atoms with Crippen molar-refractivity contribution in [1.29, 1.82) is 0 Å². The lowest BCUT2D eigenvalue weighted by Crippen LogP contribution is -1.93. The largest absolute Gasteiger partial charge is 0.385 e. The normalized spacial score (nSPS) is 12.7. The minimum Gasteiger partial charge on any atom is -0.385 e. The van der Waals surface area contributed by atoms with E-state index in [2.05, 4.69) is 14.0 Å². The van der Waals surface area contributed by atoms with Crippen molar-refractivity contribution in [3.63, 3.8) is 0 Å². The molecule has 0 aromatic rings. The molecule has 1 atom stereocenters. The zero-order valence-electron chi connectivity index (χ0n) is 10.6. The third kappa shape index (κ3) is 25.2. The average molecular weight is 308 g/mol. The lowest BCUT2D eigenvalue weighted by molar-refractivity contribution is 0.170. The molecule has 0 radical (unpaired) electrons. The van der Waals surface area contributed by atoms with Gasteiger partial charge < -0.3 is 28.7 Å². The Kier molecular flexibility index (Phi) is 15.6. The van der Waals surface area contributed by atoms with Crippen LogP contribution in [0.2, 0.25) is 0 Å². The van der Waals surface area contributed by atoms with Crippen LogP contribution >= 0.6 is 15.9 Å². The molecule has 0 heterocycles. The molecule has 0 saturated heterocycles. The van der Waals surface area contributed by atoms with E-state index < -0.39 is 15.9 Å². The summed E-state index contributed by atoms with van der Waals surface area (Å²) < 4.78 is 33.7. The van der Waals surface area contributed by atoms with Crippen LogP contribution in [0.5, 0.6) is 0 Å². The van der Waals surface area contributed by atoms with Gasteiger partial charge in [0, 0.05) is 27.4 Å². The number of ether oxygens (including phenoxy) is 2. The molecule has 18 heavy (non-hydrogen) atoms. The molecule has 112 valence electrons. The third-order valence-corrected chi connectivity index (χ3v) is 2.87. The van der Waals surface area contributed by atoms with Gasteiger partial charge in [-0.3, -0.25) is 9.13 Å². The van der Waals surface area contributed by atoms with Gasteiger partial charge in [0.15, 0.2) is 0 Å². The van der Waals surface area contributed by atoms with Gasteiger partial charge in [-0.25, -0.2) is 0 Å². The molecule has 0 saturated carbocycles. The first-order chi connectivity index (χ1) is 8.33. The minimum absolute atomic E-state index is 0.0825. The molecule has 1 unspecified atom stereocenters. The van der Waals surface area contributed by atoms with Crippen molar-refractivity contribution in [3.05, 3.63) is 0 Å². The van der Waals surface area contributed by atoms with Crippen LogP contribution in [0, 0.1) is 0 Å². The van der Waals surface area contributed by atoms with Crippen molar-refractivity contribution < 1.29 is 37.8 Å². The van der Waals surface area contributed by atoms with Crippen molar-refractivity contribution >= 4 is 15.9 Å². The van der Waals surface area contributed by atoms with Gasteiger partial charge in [-0.2, -0.15) is 0 Å². The Hall–Kier alpha value is 0.220. The number of hydrogen-bond donors (Lipinski definition) is 3. The molecule has 10 heteroatoms. The first kappa shape index (κ1) is 20.5. The van der Waals surface area contributed by atoms with E-state index in [9.17, 15) is 9.13 Å². The fourth-order valence-electron chi connectivity index (χ4n) is 0.778. The molecule has 0 amide bonds. The van der Waals surface area contributed by atoms with Crippen LogP contribution in [-0.4, -0.2) is 54.9 Å². The molecular weight excluding hydrogens is 286 g/mol. The Labute approximate surface area is 107 Å². The highest BCUT2D eigenvalue weighted by Gasteiger charge is 2.10. The summed E-state index contributed by atoms with van der Waals surface area (Å²) in [6.45, 7) is 1.27. The highest BCUT2D eigenvalue weighted by molar-refractivity contribution is 7.51. The smallest absolute Gasteiger partial charge is 0.325 e. The average Bonchev–Trinajstić information content (AvgIpc) is 2.24. The van der Waals surface area contributed by atoms with Gasteiger partial charge in [0.2, 0.25) is 0 Å². The highest BCUT2D eigenvalue weighted by atomic mass is 31.2. The summed E-state index contributed by atoms with van der Waals surface area (Å²) in [5.41, 5.74) is 0. The van der Waals surface area contributed by atoms with E-state index in [1.165, 1.54) is 7.11 Å². The van der Waals surface area contributed by atoms with Crippen LogP contribution in [0.1, 0.15) is 12.8 Å². The fourth-order valence-corrected chi connectivity index (χ4v) is 1.64. The Bertz CT molecular complexity index is 241. The zero-order chi connectivity index (χ0) is 14.4. The highest BCUT2D eigenvalue weighted by Crippen LogP contribution is 2.34. The minimum atomic E-state index is -3.78. The van der Waals surface area contributed by atoms with Crippen LogP contribution in [0.15, 0.2) is 0 Å². The van der Waals surface area contributed by atoms with Gasteiger partial charge in [-0.05, 0) is 12.8 Å². The van der Waals surface area contributed by atoms with Gasteiger partial charge in [0.25, 0.3) is 0 Å². The molecule has 0 aromatic heterocycles. The van der Waals surface area contributed by atoms with Gasteiger partial charge >= 0.3 is 15.9 Å². The maximum absolute atomic E-state index is 10.1. The molecule has 0 rings (SSSR count). The molecule has 0 aliphatic rings. The van der Waals surface area contributed by atoms with E-state index in [1.807, 2.05) is 0 Å². The number of hydrogen-bond acceptors (Lipinski definition) is 5. The lowest BCUT2D eigenvalue weighted by atomic mass is 10.5. The number of rotatable bonds is 9. The second-order valence-electron chi connectivity index (χ2n) is 3.20. The third-order valence-electron chi connectivity index (χ3n) is 1.52. The molecule has 3 N–H and O–H groups in total. The molecule has 0 aliphatic carbocycles. The van der Waals surface area contributed by atoms with E-state index in [-0.39, 0.29) is 6.16 Å². The summed E-state index contributed by atoms with van der Waals surface area (Å²) >= 11 is 0. The van der Waals surface area contributed by atoms with Crippen LogP contribution in [0.4, 0.5) is 0 Å². The summed E-state index contributed by atoms with van der Waals surface area (Å²) in [5, 5.41) is 0. The van der Waals surface area contributed by atoms with Crippen molar-refractivity contribution in [2.45, 2.75) is 12.8 Å². The molecule has 0 bridgehead atoms. The molecular formula is C8H22O8P2. The Balaban J connectivity index is 0. The molecule has 0 aromatic carbocycles. The van der Waals surface area contributed by atoms with E-state index in [4.69, 9.17) is 14.7 Å². The first-order valence-electron chi connectivity index (χ1n) is 5.21. The Morgan fingerprint density at radius 3 is 1.94 bits per heavy atom. The SMILES string of the molecule is COCCCO[PH](=O)O.COCCCP(=O)(O)O. The number of methoxy groups -OCH3 is 2. The van der Waals surface area contributed by atoms with Crippen LogP contribution in [0.3, 0.4) is 0 Å². The van der Waals surface area contributed by atoms with Gasteiger partial charge in [0.1, 0.15) is 0 Å². The molecule has 0 aliphatic heterocycles. The second-order valence-corrected chi connectivity index (χ2v) is 5.79. The summed E-state index contributed by atoms with van der Waals surface area (Å²) in [6, 6.07) is 0. The summed E-state index contributed by atoms with van der Waals surface area (Å²) in [6.07, 6.45) is 0.995. The predicted octanol–water partition coefficient (Wildman–Crippen LogP) is 0.622. The maximum Gasteiger partial charge on any atom is 0.325 e. The predicted molar refractivity (Wildman–Crippen MR) is 67.1 cm³/mol. The molecule has 0 fully saturated rings. The van der Waals surface area contributed by atoms with Gasteiger partial charge in [-0.1, -0.05) is 0 Å². The van der Waals surface area contributed by atoms with E-state index in [0.717, 1.165) is 0 Å². The summed E-state index contributed by atoms with van der Waals surface area (Å²) in [4.78, 5) is 24.7. The first-order valence-corrected chi connectivity index (χ1v) is 8.27. The lowest BCUT2D eigenvalue weighted by Gasteiger charge is -2.00. The molecule has 8 nitrogen and oxygen atoms in total. The van der Waals surface area contributed by atoms with Crippen LogP contribution in [0.25, 0.3) is 0 Å². The van der Waals surface area contributed by atoms with Crippen molar-refractivity contribution in [1.82, 2.24) is 0 Å². The van der Waals surface area contributed by atoms with Crippen molar-refractivity contribution in [2.75, 3.05) is 40.2 Å².